The molecule has 0 radical (unpaired) electrons. The topological polar surface area (TPSA) is 0 Å². The lowest BCUT2D eigenvalue weighted by Crippen LogP contribution is -1.87. The van der Waals surface area contributed by atoms with Crippen LogP contribution in [0.2, 0.25) is 0 Å². The van der Waals surface area contributed by atoms with Crippen LogP contribution in [0.1, 0.15) is 50.7 Å². The largest absolute Gasteiger partial charge is 0.0654 e. The average molecular weight is 543 g/mol. The molecule has 0 saturated carbocycles. The molecule has 42 heavy (non-hydrogen) atoms. The van der Waals surface area contributed by atoms with Crippen molar-refractivity contribution in [3.05, 3.63) is 132 Å². The molecule has 0 bridgehead atoms. The van der Waals surface area contributed by atoms with Gasteiger partial charge in [0.2, 0.25) is 0 Å². The fourth-order valence-electron chi connectivity index (χ4n) is 6.55. The summed E-state index contributed by atoms with van der Waals surface area (Å²) in [6, 6.07) is 46.0. The third-order valence-electron chi connectivity index (χ3n) is 9.04. The smallest absolute Gasteiger partial charge is 0.00987 e. The Balaban J connectivity index is 1.24. The van der Waals surface area contributed by atoms with Crippen LogP contribution in [0.3, 0.4) is 0 Å². The Morgan fingerprint density at radius 2 is 0.667 bits per heavy atom. The van der Waals surface area contributed by atoms with Crippen molar-refractivity contribution in [2.24, 2.45) is 0 Å². The minimum Gasteiger partial charge on any atom is -0.0654 e. The van der Waals surface area contributed by atoms with Crippen molar-refractivity contribution in [3.63, 3.8) is 0 Å². The second-order valence-corrected chi connectivity index (χ2v) is 11.9. The second kappa shape index (κ2) is 11.5. The number of hydrogen-bond donors (Lipinski definition) is 0. The van der Waals surface area contributed by atoms with Crippen molar-refractivity contribution < 1.29 is 0 Å². The summed E-state index contributed by atoms with van der Waals surface area (Å²) in [5.74, 6) is 0. The van der Waals surface area contributed by atoms with Crippen molar-refractivity contribution in [2.75, 3.05) is 0 Å². The van der Waals surface area contributed by atoms with Crippen LogP contribution in [-0.2, 0) is 12.8 Å². The van der Waals surface area contributed by atoms with Crippen LogP contribution in [0, 0.1) is 0 Å². The summed E-state index contributed by atoms with van der Waals surface area (Å²) >= 11 is 0. The molecular weight excluding hydrogens is 504 g/mol. The van der Waals surface area contributed by atoms with Gasteiger partial charge in [0, 0.05) is 0 Å². The fraction of sp³-hybridized carbons (Fsp3) is 0.190. The summed E-state index contributed by atoms with van der Waals surface area (Å²) in [6.07, 6.45) is 7.31. The van der Waals surface area contributed by atoms with Gasteiger partial charge in [0.15, 0.2) is 0 Å². The first-order valence-corrected chi connectivity index (χ1v) is 15.7. The molecular formula is C42H38. The van der Waals surface area contributed by atoms with E-state index >= 15 is 0 Å². The van der Waals surface area contributed by atoms with Gasteiger partial charge in [-0.3, -0.25) is 0 Å². The van der Waals surface area contributed by atoms with E-state index in [0.717, 1.165) is 12.8 Å². The van der Waals surface area contributed by atoms with Crippen LogP contribution in [0.5, 0.6) is 0 Å². The van der Waals surface area contributed by atoms with Gasteiger partial charge >= 0.3 is 0 Å². The molecule has 0 atom stereocenters. The van der Waals surface area contributed by atoms with Crippen LogP contribution < -0.4 is 0 Å². The van der Waals surface area contributed by atoms with E-state index in [1.165, 1.54) is 102 Å². The number of hydrogen-bond acceptors (Lipinski definition) is 0. The standard InChI is InChI=1S/C42H38/c1-3-5-7-29-9-13-31(14-10-29)33-17-21-37-35(27-33)19-23-41-39(37)25-26-40-38-22-18-34(28-36(38)20-24-42(40)41)32-15-11-30(12-16-32)8-6-4-2/h9-28H,3-8H2,1-2H3. The van der Waals surface area contributed by atoms with Gasteiger partial charge in [-0.05, 0) is 114 Å². The molecule has 7 rings (SSSR count). The maximum atomic E-state index is 2.35. The molecule has 0 heterocycles. The minimum absolute atomic E-state index is 1.16. The highest BCUT2D eigenvalue weighted by Gasteiger charge is 2.10. The number of benzene rings is 7. The maximum Gasteiger partial charge on any atom is -0.00987 e. The molecule has 0 aliphatic rings. The zero-order valence-electron chi connectivity index (χ0n) is 24.8. The zero-order chi connectivity index (χ0) is 28.5. The van der Waals surface area contributed by atoms with E-state index in [0.29, 0.717) is 0 Å². The van der Waals surface area contributed by atoms with E-state index < -0.39 is 0 Å². The maximum absolute atomic E-state index is 2.35. The Bertz CT molecular complexity index is 1880. The van der Waals surface area contributed by atoms with Gasteiger partial charge in [-0.25, -0.2) is 0 Å². The molecule has 0 nitrogen and oxygen atoms in total. The Morgan fingerprint density at radius 1 is 0.333 bits per heavy atom. The Labute approximate surface area is 249 Å². The van der Waals surface area contributed by atoms with Crippen LogP contribution in [-0.4, -0.2) is 0 Å². The molecule has 0 N–H and O–H groups in total. The predicted octanol–water partition coefficient (Wildman–Crippen LogP) is 12.3. The number of fused-ring (bicyclic) bond motifs is 7. The third-order valence-corrected chi connectivity index (χ3v) is 9.04. The minimum atomic E-state index is 1.16. The fourth-order valence-corrected chi connectivity index (χ4v) is 6.55. The average Bonchev–Trinajstić information content (AvgIpc) is 3.05. The monoisotopic (exact) mass is 542 g/mol. The second-order valence-electron chi connectivity index (χ2n) is 11.9. The van der Waals surface area contributed by atoms with Crippen LogP contribution in [0.25, 0.3) is 65.3 Å². The van der Waals surface area contributed by atoms with Gasteiger partial charge in [0.05, 0.1) is 0 Å². The van der Waals surface area contributed by atoms with Gasteiger partial charge in [-0.15, -0.1) is 0 Å². The van der Waals surface area contributed by atoms with Crippen LogP contribution >= 0.6 is 0 Å². The molecule has 0 fully saturated rings. The van der Waals surface area contributed by atoms with Crippen molar-refractivity contribution in [1.29, 1.82) is 0 Å². The van der Waals surface area contributed by atoms with E-state index in [9.17, 15) is 0 Å². The van der Waals surface area contributed by atoms with E-state index in [1.54, 1.807) is 0 Å². The molecule has 0 aromatic heterocycles. The SMILES string of the molecule is CCCCc1ccc(-c2ccc3c(ccc4c3ccc3c5ccc(-c6ccc(CCCC)cc6)cc5ccc34)c2)cc1. The highest BCUT2D eigenvalue weighted by Crippen LogP contribution is 2.37. The molecule has 0 aliphatic heterocycles. The van der Waals surface area contributed by atoms with Gasteiger partial charge in [0.1, 0.15) is 0 Å². The highest BCUT2D eigenvalue weighted by molar-refractivity contribution is 6.22. The van der Waals surface area contributed by atoms with Gasteiger partial charge in [-0.1, -0.05) is 136 Å². The third kappa shape index (κ3) is 4.96. The van der Waals surface area contributed by atoms with Crippen molar-refractivity contribution in [1.82, 2.24) is 0 Å². The van der Waals surface area contributed by atoms with E-state index in [1.807, 2.05) is 0 Å². The lowest BCUT2D eigenvalue weighted by atomic mass is 9.92. The first-order chi connectivity index (χ1) is 20.7. The zero-order valence-corrected chi connectivity index (χ0v) is 24.8. The number of aryl methyl sites for hydroxylation is 2. The van der Waals surface area contributed by atoms with E-state index in [-0.39, 0.29) is 0 Å². The lowest BCUT2D eigenvalue weighted by Gasteiger charge is -2.12. The Kier molecular flexibility index (Phi) is 7.22. The Hall–Kier alpha value is -4.42. The molecule has 0 unspecified atom stereocenters. The molecule has 206 valence electrons. The van der Waals surface area contributed by atoms with Crippen molar-refractivity contribution in [2.45, 2.75) is 52.4 Å². The molecule has 0 amide bonds. The normalized spacial score (nSPS) is 11.7. The Morgan fingerprint density at radius 3 is 1.07 bits per heavy atom. The van der Waals surface area contributed by atoms with Gasteiger partial charge in [-0.2, -0.15) is 0 Å². The van der Waals surface area contributed by atoms with Crippen LogP contribution in [0.4, 0.5) is 0 Å². The molecule has 0 spiro atoms. The molecule has 0 heteroatoms. The number of unbranched alkanes of at least 4 members (excludes halogenated alkanes) is 2. The number of rotatable bonds is 8. The van der Waals surface area contributed by atoms with Gasteiger partial charge < -0.3 is 0 Å². The summed E-state index contributed by atoms with van der Waals surface area (Å²) in [5.41, 5.74) is 7.99. The highest BCUT2D eigenvalue weighted by atomic mass is 14.1. The van der Waals surface area contributed by atoms with Gasteiger partial charge in [0.25, 0.3) is 0 Å². The predicted molar refractivity (Wildman–Crippen MR) is 185 cm³/mol. The van der Waals surface area contributed by atoms with E-state index in [4.69, 9.17) is 0 Å². The van der Waals surface area contributed by atoms with Crippen molar-refractivity contribution >= 4 is 43.1 Å². The van der Waals surface area contributed by atoms with E-state index in [2.05, 4.69) is 135 Å². The summed E-state index contributed by atoms with van der Waals surface area (Å²) in [4.78, 5) is 0. The first-order valence-electron chi connectivity index (χ1n) is 15.7. The summed E-state index contributed by atoms with van der Waals surface area (Å²) < 4.78 is 0. The summed E-state index contributed by atoms with van der Waals surface area (Å²) in [6.45, 7) is 4.51. The molecule has 0 saturated heterocycles. The molecule has 7 aromatic rings. The summed E-state index contributed by atoms with van der Waals surface area (Å²) in [7, 11) is 0. The molecule has 7 aromatic carbocycles. The van der Waals surface area contributed by atoms with Crippen LogP contribution in [0.15, 0.2) is 121 Å². The first kappa shape index (κ1) is 26.5. The summed E-state index contributed by atoms with van der Waals surface area (Å²) in [5, 5.41) is 10.5. The van der Waals surface area contributed by atoms with Crippen molar-refractivity contribution in [3.8, 4) is 22.3 Å². The lowest BCUT2D eigenvalue weighted by molar-refractivity contribution is 0.795. The molecule has 0 aliphatic carbocycles. The quantitative estimate of drug-likeness (QED) is 0.168.